The Balaban J connectivity index is 1.78. The van der Waals surface area contributed by atoms with Crippen molar-refractivity contribution < 1.29 is 19.4 Å². The Morgan fingerprint density at radius 3 is 2.79 bits per heavy atom. The number of benzene rings is 1. The second kappa shape index (κ2) is 5.36. The topological polar surface area (TPSA) is 66.8 Å². The van der Waals surface area contributed by atoms with Gasteiger partial charge in [0, 0.05) is 7.05 Å². The van der Waals surface area contributed by atoms with Crippen molar-refractivity contribution in [1.82, 2.24) is 4.90 Å². The van der Waals surface area contributed by atoms with E-state index >= 15 is 0 Å². The Morgan fingerprint density at radius 1 is 1.25 bits per heavy atom. The molecule has 0 saturated heterocycles. The predicted molar refractivity (Wildman–Crippen MR) is 87.0 cm³/mol. The third-order valence-electron chi connectivity index (χ3n) is 5.53. The number of rotatable bonds is 1. The van der Waals surface area contributed by atoms with Crippen LogP contribution in [0.5, 0.6) is 5.75 Å². The van der Waals surface area contributed by atoms with Gasteiger partial charge in [0.2, 0.25) is 0 Å². The lowest BCUT2D eigenvalue weighted by atomic mass is 9.74. The van der Waals surface area contributed by atoms with Crippen LogP contribution in [-0.4, -0.2) is 34.8 Å². The van der Waals surface area contributed by atoms with Gasteiger partial charge in [-0.3, -0.25) is 9.59 Å². The summed E-state index contributed by atoms with van der Waals surface area (Å²) in [4.78, 5) is 27.3. The van der Waals surface area contributed by atoms with Gasteiger partial charge in [-0.2, -0.15) is 0 Å². The molecule has 0 spiro atoms. The molecule has 1 saturated carbocycles. The first-order chi connectivity index (χ1) is 11.5. The molecule has 2 heterocycles. The van der Waals surface area contributed by atoms with Crippen LogP contribution in [0.25, 0.3) is 0 Å². The smallest absolute Gasteiger partial charge is 0.289 e. The maximum atomic E-state index is 13.2. The van der Waals surface area contributed by atoms with Crippen LogP contribution in [0.2, 0.25) is 0 Å². The van der Waals surface area contributed by atoms with Gasteiger partial charge in [-0.25, -0.2) is 0 Å². The highest BCUT2D eigenvalue weighted by Gasteiger charge is 2.51. The molecule has 1 fully saturated rings. The molecule has 0 aromatic heterocycles. The van der Waals surface area contributed by atoms with Gasteiger partial charge in [-0.15, -0.1) is 0 Å². The largest absolute Gasteiger partial charge is 0.508 e. The summed E-state index contributed by atoms with van der Waals surface area (Å²) >= 11 is 0. The number of carbonyl (C=O) groups excluding carboxylic acids is 2. The molecule has 24 heavy (non-hydrogen) atoms. The second-order valence-electron chi connectivity index (χ2n) is 7.20. The van der Waals surface area contributed by atoms with Crippen LogP contribution in [0.15, 0.2) is 35.6 Å². The van der Waals surface area contributed by atoms with E-state index in [1.165, 1.54) is 4.90 Å². The van der Waals surface area contributed by atoms with E-state index in [0.717, 1.165) is 24.8 Å². The molecular weight excluding hydrogens is 306 g/mol. The van der Waals surface area contributed by atoms with Crippen molar-refractivity contribution in [2.75, 3.05) is 7.05 Å². The number of ketones is 1. The normalized spacial score (nSPS) is 32.5. The van der Waals surface area contributed by atoms with Crippen LogP contribution in [0, 0.1) is 11.8 Å². The second-order valence-corrected chi connectivity index (χ2v) is 7.20. The Bertz CT molecular complexity index is 753. The first-order valence-electron chi connectivity index (χ1n) is 8.48. The van der Waals surface area contributed by atoms with E-state index in [0.29, 0.717) is 11.5 Å². The molecule has 5 nitrogen and oxygen atoms in total. The van der Waals surface area contributed by atoms with E-state index in [4.69, 9.17) is 4.74 Å². The average Bonchev–Trinajstić information content (AvgIpc) is 2.81. The van der Waals surface area contributed by atoms with Crippen LogP contribution in [-0.2, 0) is 14.3 Å². The molecule has 0 bridgehead atoms. The number of aromatic hydroxyl groups is 1. The number of amides is 1. The maximum absolute atomic E-state index is 13.2. The Kier molecular flexibility index (Phi) is 3.41. The van der Waals surface area contributed by atoms with Crippen molar-refractivity contribution in [3.05, 3.63) is 41.2 Å². The van der Waals surface area contributed by atoms with Gasteiger partial charge in [0.1, 0.15) is 11.9 Å². The van der Waals surface area contributed by atoms with E-state index in [9.17, 15) is 14.7 Å². The predicted octanol–water partition coefficient (Wildman–Crippen LogP) is 2.56. The van der Waals surface area contributed by atoms with Crippen LogP contribution in [0.4, 0.5) is 0 Å². The molecule has 5 heteroatoms. The molecule has 126 valence electrons. The summed E-state index contributed by atoms with van der Waals surface area (Å²) in [5.41, 5.74) is 1.19. The van der Waals surface area contributed by atoms with Gasteiger partial charge in [0.25, 0.3) is 5.91 Å². The van der Waals surface area contributed by atoms with Crippen molar-refractivity contribution in [2.45, 2.75) is 38.3 Å². The number of phenols is 1. The number of likely N-dealkylation sites (N-methyl/N-ethyl adjacent to an activating group) is 1. The SMILES string of the molecule is CC1CCC2OC3=C(C(=O)C2C1)C(c1cccc(O)c1)N(C)C3=O. The van der Waals surface area contributed by atoms with Gasteiger partial charge in [-0.05, 0) is 42.9 Å². The summed E-state index contributed by atoms with van der Waals surface area (Å²) < 4.78 is 6.00. The third-order valence-corrected chi connectivity index (χ3v) is 5.53. The molecule has 3 aliphatic rings. The lowest BCUT2D eigenvalue weighted by Crippen LogP contribution is -2.41. The molecule has 0 radical (unpaired) electrons. The third kappa shape index (κ3) is 2.14. The van der Waals surface area contributed by atoms with Crippen molar-refractivity contribution >= 4 is 11.7 Å². The first kappa shape index (κ1) is 15.2. The summed E-state index contributed by atoms with van der Waals surface area (Å²) in [6, 6.07) is 6.25. The minimum atomic E-state index is -0.481. The fourth-order valence-corrected chi connectivity index (χ4v) is 4.28. The molecule has 1 N–H and O–H groups in total. The molecule has 1 aromatic carbocycles. The summed E-state index contributed by atoms with van der Waals surface area (Å²) in [5.74, 6) is 0.464. The molecular formula is C19H21NO4. The van der Waals surface area contributed by atoms with Crippen LogP contribution < -0.4 is 0 Å². The molecule has 4 unspecified atom stereocenters. The Hall–Kier alpha value is -2.30. The number of hydrogen-bond donors (Lipinski definition) is 1. The summed E-state index contributed by atoms with van der Waals surface area (Å²) in [6.07, 6.45) is 2.48. The number of carbonyl (C=O) groups is 2. The summed E-state index contributed by atoms with van der Waals surface area (Å²) in [7, 11) is 1.68. The molecule has 2 aliphatic heterocycles. The van der Waals surface area contributed by atoms with Gasteiger partial charge in [-0.1, -0.05) is 19.1 Å². The van der Waals surface area contributed by atoms with Crippen molar-refractivity contribution in [1.29, 1.82) is 0 Å². The van der Waals surface area contributed by atoms with Gasteiger partial charge in [0.05, 0.1) is 17.5 Å². The lowest BCUT2D eigenvalue weighted by Gasteiger charge is -2.37. The van der Waals surface area contributed by atoms with Gasteiger partial charge in [0.15, 0.2) is 11.5 Å². The fourth-order valence-electron chi connectivity index (χ4n) is 4.28. The summed E-state index contributed by atoms with van der Waals surface area (Å²) in [5, 5.41) is 9.77. The van der Waals surface area contributed by atoms with Gasteiger partial charge >= 0.3 is 0 Å². The van der Waals surface area contributed by atoms with Gasteiger partial charge < -0.3 is 14.7 Å². The van der Waals surface area contributed by atoms with E-state index in [2.05, 4.69) is 6.92 Å². The number of hydrogen-bond acceptors (Lipinski definition) is 4. The first-order valence-corrected chi connectivity index (χ1v) is 8.48. The van der Waals surface area contributed by atoms with Crippen molar-refractivity contribution in [2.24, 2.45) is 11.8 Å². The number of ether oxygens (including phenoxy) is 1. The molecule has 1 aromatic rings. The van der Waals surface area contributed by atoms with E-state index < -0.39 is 6.04 Å². The zero-order chi connectivity index (χ0) is 17.0. The highest BCUT2D eigenvalue weighted by molar-refractivity contribution is 6.11. The van der Waals surface area contributed by atoms with Crippen LogP contribution in [0.1, 0.15) is 37.8 Å². The summed E-state index contributed by atoms with van der Waals surface area (Å²) in [6.45, 7) is 2.16. The number of Topliss-reactive ketones (excluding diaryl/α,β-unsaturated/α-hetero) is 1. The zero-order valence-corrected chi connectivity index (χ0v) is 13.9. The van der Waals surface area contributed by atoms with E-state index in [1.54, 1.807) is 25.2 Å². The van der Waals surface area contributed by atoms with E-state index in [-0.39, 0.29) is 35.2 Å². The Labute approximate surface area is 140 Å². The highest BCUT2D eigenvalue weighted by Crippen LogP contribution is 2.47. The average molecular weight is 327 g/mol. The van der Waals surface area contributed by atoms with Crippen LogP contribution in [0.3, 0.4) is 0 Å². The quantitative estimate of drug-likeness (QED) is 0.861. The Morgan fingerprint density at radius 2 is 2.04 bits per heavy atom. The highest BCUT2D eigenvalue weighted by atomic mass is 16.5. The molecule has 4 atom stereocenters. The maximum Gasteiger partial charge on any atom is 0.289 e. The standard InChI is InChI=1S/C19H21NO4/c1-10-6-7-14-13(8-10)17(22)15-16(11-4-3-5-12(21)9-11)20(2)19(23)18(15)24-14/h3-5,9-10,13-14,16,21H,6-8H2,1-2H3. The monoisotopic (exact) mass is 327 g/mol. The molecule has 1 aliphatic carbocycles. The molecule has 4 rings (SSSR count). The minimum absolute atomic E-state index is 0.0406. The van der Waals surface area contributed by atoms with Crippen molar-refractivity contribution in [3.8, 4) is 5.75 Å². The molecule has 1 amide bonds. The number of nitrogens with zero attached hydrogens (tertiary/aromatic N) is 1. The van der Waals surface area contributed by atoms with Crippen molar-refractivity contribution in [3.63, 3.8) is 0 Å². The minimum Gasteiger partial charge on any atom is -0.508 e. The zero-order valence-electron chi connectivity index (χ0n) is 13.9. The van der Waals surface area contributed by atoms with E-state index in [1.807, 2.05) is 6.07 Å². The fraction of sp³-hybridized carbons (Fsp3) is 0.474. The number of phenolic OH excluding ortho intramolecular Hbond substituents is 1. The lowest BCUT2D eigenvalue weighted by molar-refractivity contribution is -0.135. The number of fused-ring (bicyclic) bond motifs is 1. The van der Waals surface area contributed by atoms with Crippen LogP contribution >= 0.6 is 0 Å².